The van der Waals surface area contributed by atoms with Crippen molar-refractivity contribution in [3.63, 3.8) is 0 Å². The molecule has 0 radical (unpaired) electrons. The highest BCUT2D eigenvalue weighted by atomic mass is 35.5. The Hall–Kier alpha value is -2.61. The second-order valence-corrected chi connectivity index (χ2v) is 7.52. The molecule has 1 atom stereocenters. The Bertz CT molecular complexity index is 1140. The van der Waals surface area contributed by atoms with Crippen molar-refractivity contribution < 1.29 is 13.9 Å². The van der Waals surface area contributed by atoms with E-state index in [9.17, 15) is 4.79 Å². The van der Waals surface area contributed by atoms with Crippen molar-refractivity contribution in [3.05, 3.63) is 58.0 Å². The lowest BCUT2D eigenvalue weighted by molar-refractivity contribution is -0.122. The fourth-order valence-corrected chi connectivity index (χ4v) is 3.39. The van der Waals surface area contributed by atoms with Gasteiger partial charge in [-0.25, -0.2) is 9.97 Å². The molecule has 6 nitrogen and oxygen atoms in total. The predicted molar refractivity (Wildman–Crippen MR) is 110 cm³/mol. The van der Waals surface area contributed by atoms with Crippen LogP contribution in [0.5, 0.6) is 5.75 Å². The molecule has 2 aromatic carbocycles. The molecule has 4 rings (SSSR count). The molecule has 0 aliphatic heterocycles. The normalized spacial score (nSPS) is 12.1. The van der Waals surface area contributed by atoms with Gasteiger partial charge in [0.25, 0.3) is 11.8 Å². The average Bonchev–Trinajstić information content (AvgIpc) is 3.34. The van der Waals surface area contributed by atoms with Crippen molar-refractivity contribution in [2.24, 2.45) is 0 Å². The van der Waals surface area contributed by atoms with Crippen LogP contribution in [-0.2, 0) is 4.79 Å². The van der Waals surface area contributed by atoms with Gasteiger partial charge in [0.2, 0.25) is 0 Å². The summed E-state index contributed by atoms with van der Waals surface area (Å²) in [4.78, 5) is 21.1. The largest absolute Gasteiger partial charge is 0.479 e. The van der Waals surface area contributed by atoms with Gasteiger partial charge in [-0.1, -0.05) is 29.3 Å². The molecule has 2 heterocycles. The number of aromatic nitrogens is 2. The van der Waals surface area contributed by atoms with Gasteiger partial charge >= 0.3 is 0 Å². The number of ether oxygens (including phenoxy) is 1. The van der Waals surface area contributed by atoms with Crippen LogP contribution in [0.2, 0.25) is 10.0 Å². The molecule has 2 aromatic heterocycles. The Morgan fingerprint density at radius 2 is 2.14 bits per heavy atom. The average molecular weight is 434 g/mol. The first-order valence-corrected chi connectivity index (χ1v) is 9.87. The van der Waals surface area contributed by atoms with Crippen molar-refractivity contribution in [3.8, 4) is 16.6 Å². The number of hydrogen-bond acceptors (Lipinski definition) is 6. The van der Waals surface area contributed by atoms with Crippen LogP contribution in [0.15, 0.2) is 52.4 Å². The Labute approximate surface area is 174 Å². The highest BCUT2D eigenvalue weighted by Gasteiger charge is 2.18. The number of amides is 1. The Balaban J connectivity index is 1.49. The summed E-state index contributed by atoms with van der Waals surface area (Å²) in [5, 5.41) is 5.97. The third-order valence-electron chi connectivity index (χ3n) is 3.86. The topological polar surface area (TPSA) is 77.2 Å². The van der Waals surface area contributed by atoms with Crippen molar-refractivity contribution in [1.82, 2.24) is 9.97 Å². The summed E-state index contributed by atoms with van der Waals surface area (Å²) in [6, 6.07) is 10.2. The van der Waals surface area contributed by atoms with Gasteiger partial charge in [-0.05, 0) is 37.3 Å². The van der Waals surface area contributed by atoms with Crippen LogP contribution in [0.3, 0.4) is 0 Å². The molecule has 142 valence electrons. The highest BCUT2D eigenvalue weighted by molar-refractivity contribution is 7.12. The number of nitrogens with zero attached hydrogens (tertiary/aromatic N) is 2. The number of carbonyl (C=O) groups is 1. The van der Waals surface area contributed by atoms with Gasteiger partial charge < -0.3 is 14.5 Å². The van der Waals surface area contributed by atoms with Crippen molar-refractivity contribution in [2.45, 2.75) is 13.0 Å². The van der Waals surface area contributed by atoms with Crippen LogP contribution in [0, 0.1) is 0 Å². The van der Waals surface area contributed by atoms with E-state index in [-0.39, 0.29) is 10.9 Å². The van der Waals surface area contributed by atoms with Crippen LogP contribution in [0.4, 0.5) is 5.69 Å². The zero-order valence-electron chi connectivity index (χ0n) is 14.5. The molecule has 0 aliphatic rings. The minimum absolute atomic E-state index is 0.266. The van der Waals surface area contributed by atoms with Gasteiger partial charge in [-0.3, -0.25) is 4.79 Å². The Morgan fingerprint density at radius 1 is 1.29 bits per heavy atom. The first-order valence-electron chi connectivity index (χ1n) is 8.23. The van der Waals surface area contributed by atoms with E-state index in [1.807, 2.05) is 5.38 Å². The molecule has 0 spiro atoms. The van der Waals surface area contributed by atoms with Gasteiger partial charge in [0.05, 0.1) is 5.02 Å². The number of halogens is 2. The van der Waals surface area contributed by atoms with Crippen molar-refractivity contribution in [1.29, 1.82) is 0 Å². The lowest BCUT2D eigenvalue weighted by Gasteiger charge is -2.16. The van der Waals surface area contributed by atoms with E-state index in [2.05, 4.69) is 15.3 Å². The van der Waals surface area contributed by atoms with E-state index < -0.39 is 6.10 Å². The second kappa shape index (κ2) is 7.79. The van der Waals surface area contributed by atoms with E-state index in [4.69, 9.17) is 32.4 Å². The zero-order chi connectivity index (χ0) is 19.7. The molecule has 1 N–H and O–H groups in total. The molecular formula is C19H13Cl2N3O3S. The first kappa shape index (κ1) is 18.7. The van der Waals surface area contributed by atoms with Crippen LogP contribution in [-0.4, -0.2) is 22.0 Å². The van der Waals surface area contributed by atoms with Crippen LogP contribution in [0.25, 0.3) is 22.0 Å². The van der Waals surface area contributed by atoms with Crippen LogP contribution in [0.1, 0.15) is 6.92 Å². The molecule has 0 aliphatic carbocycles. The van der Waals surface area contributed by atoms with E-state index >= 15 is 0 Å². The number of benzene rings is 2. The van der Waals surface area contributed by atoms with E-state index in [0.29, 0.717) is 38.5 Å². The maximum atomic E-state index is 12.5. The maximum absolute atomic E-state index is 12.5. The van der Waals surface area contributed by atoms with E-state index in [1.165, 1.54) is 11.3 Å². The number of hydrogen-bond donors (Lipinski definition) is 1. The number of nitrogens with one attached hydrogen (secondary N) is 1. The molecule has 9 heteroatoms. The number of rotatable bonds is 5. The van der Waals surface area contributed by atoms with Gasteiger partial charge in [-0.2, -0.15) is 0 Å². The number of anilines is 1. The van der Waals surface area contributed by atoms with Crippen LogP contribution < -0.4 is 10.1 Å². The maximum Gasteiger partial charge on any atom is 0.265 e. The lowest BCUT2D eigenvalue weighted by atomic mass is 10.2. The predicted octanol–water partition coefficient (Wildman–Crippen LogP) is 5.66. The Kier molecular flexibility index (Phi) is 5.21. The number of fused-ring (bicyclic) bond motifs is 1. The summed E-state index contributed by atoms with van der Waals surface area (Å²) in [5.74, 6) is 0.455. The Morgan fingerprint density at radius 3 is 2.93 bits per heavy atom. The fraction of sp³-hybridized carbons (Fsp3) is 0.105. The summed E-state index contributed by atoms with van der Waals surface area (Å²) in [7, 11) is 0. The van der Waals surface area contributed by atoms with Gasteiger partial charge in [-0.15, -0.1) is 11.3 Å². The molecule has 1 amide bonds. The fourth-order valence-electron chi connectivity index (χ4n) is 2.49. The first-order chi connectivity index (χ1) is 13.5. The zero-order valence-corrected chi connectivity index (χ0v) is 16.8. The summed E-state index contributed by atoms with van der Waals surface area (Å²) in [6.07, 6.45) is 0.906. The summed E-state index contributed by atoms with van der Waals surface area (Å²) in [6.45, 7) is 1.63. The SMILES string of the molecule is CC(Oc1cccc(Cl)c1Cl)C(=O)Nc1ccc2oc(-c3nccs3)nc2c1. The quantitative estimate of drug-likeness (QED) is 0.438. The molecule has 4 aromatic rings. The van der Waals surface area contributed by atoms with Gasteiger partial charge in [0, 0.05) is 17.3 Å². The van der Waals surface area contributed by atoms with Gasteiger partial charge in [0.15, 0.2) is 16.7 Å². The van der Waals surface area contributed by atoms with E-state index in [0.717, 1.165) is 0 Å². The van der Waals surface area contributed by atoms with E-state index in [1.54, 1.807) is 49.5 Å². The summed E-state index contributed by atoms with van der Waals surface area (Å²) >= 11 is 13.5. The third kappa shape index (κ3) is 3.82. The smallest absolute Gasteiger partial charge is 0.265 e. The summed E-state index contributed by atoms with van der Waals surface area (Å²) in [5.41, 5.74) is 1.80. The molecule has 0 saturated heterocycles. The molecule has 28 heavy (non-hydrogen) atoms. The molecule has 1 unspecified atom stereocenters. The standard InChI is InChI=1S/C19H13Cl2N3O3S/c1-10(26-15-4-2-3-12(20)16(15)21)17(25)23-11-5-6-14-13(9-11)24-18(27-14)19-22-7-8-28-19/h2-10H,1H3,(H,23,25). The second-order valence-electron chi connectivity index (χ2n) is 5.84. The molecule has 0 fully saturated rings. The molecular weight excluding hydrogens is 421 g/mol. The van der Waals surface area contributed by atoms with Crippen molar-refractivity contribution in [2.75, 3.05) is 5.32 Å². The highest BCUT2D eigenvalue weighted by Crippen LogP contribution is 2.32. The number of thiazole rings is 1. The lowest BCUT2D eigenvalue weighted by Crippen LogP contribution is -2.30. The van der Waals surface area contributed by atoms with Crippen LogP contribution >= 0.6 is 34.5 Å². The number of oxazole rings is 1. The van der Waals surface area contributed by atoms with Crippen molar-refractivity contribution >= 4 is 57.2 Å². The van der Waals surface area contributed by atoms with Gasteiger partial charge in [0.1, 0.15) is 16.3 Å². The molecule has 0 saturated carbocycles. The minimum atomic E-state index is -0.783. The number of carbonyl (C=O) groups excluding carboxylic acids is 1. The minimum Gasteiger partial charge on any atom is -0.479 e. The third-order valence-corrected chi connectivity index (χ3v) is 5.42. The monoisotopic (exact) mass is 433 g/mol. The summed E-state index contributed by atoms with van der Waals surface area (Å²) < 4.78 is 11.3. The molecule has 0 bridgehead atoms.